The van der Waals surface area contributed by atoms with Crippen LogP contribution in [0.15, 0.2) is 45.9 Å². The Kier molecular flexibility index (Phi) is 7.01. The predicted octanol–water partition coefficient (Wildman–Crippen LogP) is 2.42. The molecule has 1 aromatic heterocycles. The van der Waals surface area contributed by atoms with Gasteiger partial charge in [-0.3, -0.25) is 9.59 Å². The molecule has 1 N–H and O–H groups in total. The monoisotopic (exact) mass is 449 g/mol. The van der Waals surface area contributed by atoms with Crippen LogP contribution in [-0.4, -0.2) is 63.2 Å². The number of carbonyl (C=O) groups excluding carboxylic acids is 2. The minimum absolute atomic E-state index is 0.0181. The third kappa shape index (κ3) is 5.08. The van der Waals surface area contributed by atoms with E-state index in [1.54, 1.807) is 30.0 Å². The van der Waals surface area contributed by atoms with Crippen LogP contribution in [0, 0.1) is 5.92 Å². The highest BCUT2D eigenvalue weighted by atomic mass is 32.2. The maximum absolute atomic E-state index is 12.9. The molecule has 1 aliphatic heterocycles. The highest BCUT2D eigenvalue weighted by Crippen LogP contribution is 2.30. The van der Waals surface area contributed by atoms with E-state index in [1.807, 2.05) is 0 Å². The fraction of sp³-hybridized carbons (Fsp3) is 0.429. The molecule has 0 radical (unpaired) electrons. The van der Waals surface area contributed by atoms with Crippen LogP contribution in [0.2, 0.25) is 0 Å². The van der Waals surface area contributed by atoms with E-state index >= 15 is 0 Å². The van der Waals surface area contributed by atoms with Crippen molar-refractivity contribution in [2.75, 3.05) is 39.1 Å². The van der Waals surface area contributed by atoms with Crippen molar-refractivity contribution in [3.05, 3.63) is 42.4 Å². The number of amides is 2. The van der Waals surface area contributed by atoms with Gasteiger partial charge in [-0.05, 0) is 50.1 Å². The first kappa shape index (κ1) is 22.8. The van der Waals surface area contributed by atoms with E-state index in [9.17, 15) is 18.0 Å². The van der Waals surface area contributed by atoms with Gasteiger partial charge in [0.05, 0.1) is 18.8 Å². The van der Waals surface area contributed by atoms with E-state index in [0.29, 0.717) is 31.7 Å². The van der Waals surface area contributed by atoms with E-state index in [4.69, 9.17) is 9.15 Å². The van der Waals surface area contributed by atoms with Crippen LogP contribution >= 0.6 is 0 Å². The first-order valence-corrected chi connectivity index (χ1v) is 11.5. The van der Waals surface area contributed by atoms with Gasteiger partial charge in [0.25, 0.3) is 5.91 Å². The number of ether oxygens (including phenoxy) is 1. The predicted molar refractivity (Wildman–Crippen MR) is 114 cm³/mol. The zero-order valence-corrected chi connectivity index (χ0v) is 18.6. The van der Waals surface area contributed by atoms with Crippen molar-refractivity contribution in [2.45, 2.75) is 24.7 Å². The Morgan fingerprint density at radius 3 is 2.71 bits per heavy atom. The van der Waals surface area contributed by atoms with Crippen molar-refractivity contribution in [1.29, 1.82) is 0 Å². The lowest BCUT2D eigenvalue weighted by Gasteiger charge is -2.31. The van der Waals surface area contributed by atoms with Gasteiger partial charge >= 0.3 is 0 Å². The second-order valence-electron chi connectivity index (χ2n) is 7.44. The van der Waals surface area contributed by atoms with Crippen LogP contribution < -0.4 is 10.1 Å². The van der Waals surface area contributed by atoms with Crippen molar-refractivity contribution in [2.24, 2.45) is 5.92 Å². The number of nitrogens with zero attached hydrogens (tertiary/aromatic N) is 2. The summed E-state index contributed by atoms with van der Waals surface area (Å²) in [5, 5.41) is 2.79. The standard InChI is InChI=1S/C21H27N3O6S/c1-4-29-17-10-9-16(13-19(17)31(27,28)23(2)3)22-20(25)15-7-5-11-24(14-15)21(26)18-8-6-12-30-18/h6,8-10,12-13,15H,4-5,7,11,14H2,1-3H3,(H,22,25)/t15-/m1/s1. The minimum Gasteiger partial charge on any atom is -0.492 e. The molecule has 0 unspecified atom stereocenters. The van der Waals surface area contributed by atoms with Crippen LogP contribution in [0.25, 0.3) is 0 Å². The molecular weight excluding hydrogens is 422 g/mol. The molecule has 2 heterocycles. The van der Waals surface area contributed by atoms with Crippen LogP contribution in [-0.2, 0) is 14.8 Å². The quantitative estimate of drug-likeness (QED) is 0.695. The smallest absolute Gasteiger partial charge is 0.289 e. The minimum atomic E-state index is -3.76. The lowest BCUT2D eigenvalue weighted by atomic mass is 9.96. The molecule has 31 heavy (non-hydrogen) atoms. The number of rotatable bonds is 7. The normalized spacial score (nSPS) is 16.9. The molecule has 0 saturated carbocycles. The molecule has 1 fully saturated rings. The molecule has 1 saturated heterocycles. The SMILES string of the molecule is CCOc1ccc(NC(=O)[C@@H]2CCCN(C(=O)c3ccco3)C2)cc1S(=O)(=O)N(C)C. The van der Waals surface area contributed by atoms with E-state index in [1.165, 1.54) is 32.5 Å². The van der Waals surface area contributed by atoms with E-state index in [0.717, 1.165) is 4.31 Å². The maximum atomic E-state index is 12.9. The van der Waals surface area contributed by atoms with Gasteiger partial charge < -0.3 is 19.4 Å². The van der Waals surface area contributed by atoms with E-state index < -0.39 is 15.9 Å². The Morgan fingerprint density at radius 2 is 2.06 bits per heavy atom. The van der Waals surface area contributed by atoms with Crippen molar-refractivity contribution < 1.29 is 27.2 Å². The third-order valence-corrected chi connectivity index (χ3v) is 6.92. The first-order chi connectivity index (χ1) is 14.7. The zero-order chi connectivity index (χ0) is 22.6. The molecule has 2 amide bonds. The van der Waals surface area contributed by atoms with Gasteiger partial charge in [-0.15, -0.1) is 0 Å². The molecule has 1 aromatic carbocycles. The van der Waals surface area contributed by atoms with Crippen molar-refractivity contribution in [1.82, 2.24) is 9.21 Å². The molecule has 9 nitrogen and oxygen atoms in total. The average molecular weight is 450 g/mol. The van der Waals surface area contributed by atoms with E-state index in [2.05, 4.69) is 5.32 Å². The van der Waals surface area contributed by atoms with Gasteiger partial charge in [-0.25, -0.2) is 12.7 Å². The van der Waals surface area contributed by atoms with Crippen molar-refractivity contribution in [3.63, 3.8) is 0 Å². The number of sulfonamides is 1. The summed E-state index contributed by atoms with van der Waals surface area (Å²) < 4.78 is 37.1. The van der Waals surface area contributed by atoms with Gasteiger partial charge in [0.15, 0.2) is 5.76 Å². The fourth-order valence-corrected chi connectivity index (χ4v) is 4.49. The lowest BCUT2D eigenvalue weighted by molar-refractivity contribution is -0.121. The Balaban J connectivity index is 1.76. The van der Waals surface area contributed by atoms with Gasteiger partial charge in [-0.2, -0.15) is 0 Å². The second kappa shape index (κ2) is 9.52. The lowest BCUT2D eigenvalue weighted by Crippen LogP contribution is -2.43. The summed E-state index contributed by atoms with van der Waals surface area (Å²) in [6.45, 7) is 2.90. The number of benzene rings is 1. The maximum Gasteiger partial charge on any atom is 0.289 e. The number of piperidine rings is 1. The number of furan rings is 1. The Bertz CT molecular complexity index is 1030. The van der Waals surface area contributed by atoms with Gasteiger partial charge in [-0.1, -0.05) is 0 Å². The first-order valence-electron chi connectivity index (χ1n) is 10.1. The fourth-order valence-electron chi connectivity index (χ4n) is 3.43. The summed E-state index contributed by atoms with van der Waals surface area (Å²) in [5.74, 6) is -0.460. The summed E-state index contributed by atoms with van der Waals surface area (Å²) in [7, 11) is -0.897. The number of carbonyl (C=O) groups is 2. The van der Waals surface area contributed by atoms with Crippen LogP contribution in [0.4, 0.5) is 5.69 Å². The molecule has 3 rings (SSSR count). The number of anilines is 1. The van der Waals surface area contributed by atoms with Crippen molar-refractivity contribution >= 4 is 27.5 Å². The van der Waals surface area contributed by atoms with Crippen LogP contribution in [0.1, 0.15) is 30.3 Å². The molecule has 0 bridgehead atoms. The number of nitrogens with one attached hydrogen (secondary N) is 1. The Morgan fingerprint density at radius 1 is 1.29 bits per heavy atom. The molecular formula is C21H27N3O6S. The molecule has 1 atom stereocenters. The number of likely N-dealkylation sites (tertiary alicyclic amines) is 1. The average Bonchev–Trinajstić information content (AvgIpc) is 3.29. The summed E-state index contributed by atoms with van der Waals surface area (Å²) in [6.07, 6.45) is 2.76. The van der Waals surface area contributed by atoms with Crippen molar-refractivity contribution in [3.8, 4) is 5.75 Å². The topological polar surface area (TPSA) is 109 Å². The molecule has 1 aliphatic rings. The van der Waals surface area contributed by atoms with Gasteiger partial charge in [0.1, 0.15) is 10.6 Å². The second-order valence-corrected chi connectivity index (χ2v) is 9.56. The summed E-state index contributed by atoms with van der Waals surface area (Å²) in [5.41, 5.74) is 0.350. The summed E-state index contributed by atoms with van der Waals surface area (Å²) in [6, 6.07) is 7.77. The highest BCUT2D eigenvalue weighted by Gasteiger charge is 2.30. The summed E-state index contributed by atoms with van der Waals surface area (Å²) >= 11 is 0. The highest BCUT2D eigenvalue weighted by molar-refractivity contribution is 7.89. The van der Waals surface area contributed by atoms with Crippen LogP contribution in [0.5, 0.6) is 5.75 Å². The van der Waals surface area contributed by atoms with E-state index in [-0.39, 0.29) is 34.8 Å². The number of hydrogen-bond donors (Lipinski definition) is 1. The summed E-state index contributed by atoms with van der Waals surface area (Å²) in [4.78, 5) is 27.0. The molecule has 0 spiro atoms. The number of hydrogen-bond acceptors (Lipinski definition) is 6. The molecule has 10 heteroatoms. The third-order valence-electron chi connectivity index (χ3n) is 5.08. The van der Waals surface area contributed by atoms with Crippen LogP contribution in [0.3, 0.4) is 0 Å². The molecule has 0 aliphatic carbocycles. The molecule has 2 aromatic rings. The van der Waals surface area contributed by atoms with Gasteiger partial charge in [0, 0.05) is 32.9 Å². The van der Waals surface area contributed by atoms with Gasteiger partial charge in [0.2, 0.25) is 15.9 Å². The zero-order valence-electron chi connectivity index (χ0n) is 17.8. The molecule has 168 valence electrons. The largest absolute Gasteiger partial charge is 0.492 e. The Hall–Kier alpha value is -2.85. The Labute approximate surface area is 182 Å².